The Morgan fingerprint density at radius 2 is 2.00 bits per heavy atom. The first-order valence-electron chi connectivity index (χ1n) is 10.2. The maximum absolute atomic E-state index is 13.4. The highest BCUT2D eigenvalue weighted by Crippen LogP contribution is 2.32. The van der Waals surface area contributed by atoms with Gasteiger partial charge >= 0.3 is 5.69 Å². The summed E-state index contributed by atoms with van der Waals surface area (Å²) in [5.74, 6) is 0.587. The van der Waals surface area contributed by atoms with Gasteiger partial charge in [-0.1, -0.05) is 39.3 Å². The van der Waals surface area contributed by atoms with Crippen molar-refractivity contribution in [1.82, 2.24) is 9.55 Å². The molecule has 0 bridgehead atoms. The van der Waals surface area contributed by atoms with Crippen LogP contribution in [0.4, 0.5) is 11.5 Å². The zero-order valence-corrected chi connectivity index (χ0v) is 17.5. The van der Waals surface area contributed by atoms with Crippen molar-refractivity contribution in [2.24, 2.45) is 5.92 Å². The van der Waals surface area contributed by atoms with Crippen LogP contribution in [0.5, 0.6) is 11.5 Å². The largest absolute Gasteiger partial charge is 0.485 e. The van der Waals surface area contributed by atoms with Crippen LogP contribution in [0.15, 0.2) is 33.9 Å². The Morgan fingerprint density at radius 3 is 2.67 bits per heavy atom. The number of fused-ring (bicyclic) bond motifs is 1. The van der Waals surface area contributed by atoms with Crippen LogP contribution in [0.2, 0.25) is 0 Å². The molecule has 2 aromatic rings. The molecule has 1 aromatic heterocycles. The summed E-state index contributed by atoms with van der Waals surface area (Å²) in [6, 6.07) is 7.07. The molecule has 162 valence electrons. The minimum absolute atomic E-state index is 0.0116. The van der Waals surface area contributed by atoms with E-state index in [4.69, 9.17) is 15.2 Å². The monoisotopic (exact) mass is 416 g/mol. The molecule has 1 amide bonds. The van der Waals surface area contributed by atoms with Crippen molar-refractivity contribution in [3.05, 3.63) is 45.1 Å². The van der Waals surface area contributed by atoms with Gasteiger partial charge in [-0.25, -0.2) is 4.79 Å². The molecule has 0 saturated heterocycles. The topological polar surface area (TPSA) is 120 Å². The molecule has 1 atom stereocenters. The first-order valence-corrected chi connectivity index (χ1v) is 10.2. The van der Waals surface area contributed by atoms with Crippen LogP contribution in [-0.4, -0.2) is 34.7 Å². The fraction of sp³-hybridized carbons (Fsp3) is 0.476. The predicted molar refractivity (Wildman–Crippen MR) is 114 cm³/mol. The number of carbonyl (C=O) groups is 1. The fourth-order valence-electron chi connectivity index (χ4n) is 3.35. The van der Waals surface area contributed by atoms with Crippen LogP contribution in [-0.2, 0) is 11.3 Å². The third-order valence-corrected chi connectivity index (χ3v) is 4.82. The van der Waals surface area contributed by atoms with Gasteiger partial charge in [0.1, 0.15) is 12.4 Å². The number of aromatic amines is 1. The first-order chi connectivity index (χ1) is 14.3. The molecule has 1 aromatic carbocycles. The van der Waals surface area contributed by atoms with E-state index < -0.39 is 23.3 Å². The van der Waals surface area contributed by atoms with Crippen molar-refractivity contribution < 1.29 is 14.3 Å². The van der Waals surface area contributed by atoms with Crippen LogP contribution in [0.25, 0.3) is 0 Å². The number of nitrogens with one attached hydrogen (secondary N) is 1. The Kier molecular flexibility index (Phi) is 6.49. The molecule has 3 rings (SSSR count). The van der Waals surface area contributed by atoms with Crippen LogP contribution in [0.1, 0.15) is 33.6 Å². The smallest absolute Gasteiger partial charge is 0.330 e. The fourth-order valence-corrected chi connectivity index (χ4v) is 3.35. The highest BCUT2D eigenvalue weighted by Gasteiger charge is 2.34. The average Bonchev–Trinajstić information content (AvgIpc) is 2.71. The van der Waals surface area contributed by atoms with E-state index in [1.807, 2.05) is 26.8 Å². The van der Waals surface area contributed by atoms with Gasteiger partial charge in [0.25, 0.3) is 11.5 Å². The molecule has 2 heterocycles. The molecule has 1 aliphatic heterocycles. The minimum Gasteiger partial charge on any atom is -0.485 e. The van der Waals surface area contributed by atoms with Gasteiger partial charge in [0, 0.05) is 13.1 Å². The van der Waals surface area contributed by atoms with E-state index in [9.17, 15) is 14.4 Å². The quantitative estimate of drug-likeness (QED) is 0.710. The molecule has 9 heteroatoms. The number of benzene rings is 1. The summed E-state index contributed by atoms with van der Waals surface area (Å²) in [4.78, 5) is 41.9. The number of hydrogen-bond acceptors (Lipinski definition) is 6. The van der Waals surface area contributed by atoms with Gasteiger partial charge in [0.15, 0.2) is 17.2 Å². The van der Waals surface area contributed by atoms with Crippen molar-refractivity contribution in [2.75, 3.05) is 23.8 Å². The van der Waals surface area contributed by atoms with Crippen molar-refractivity contribution >= 4 is 17.4 Å². The van der Waals surface area contributed by atoms with Gasteiger partial charge in [-0.15, -0.1) is 0 Å². The summed E-state index contributed by atoms with van der Waals surface area (Å²) in [7, 11) is 0. The van der Waals surface area contributed by atoms with Crippen molar-refractivity contribution in [3.8, 4) is 11.5 Å². The van der Waals surface area contributed by atoms with Gasteiger partial charge in [-0.3, -0.25) is 19.1 Å². The normalized spacial score (nSPS) is 15.3. The number of ether oxygens (including phenoxy) is 2. The second kappa shape index (κ2) is 9.06. The molecule has 30 heavy (non-hydrogen) atoms. The maximum atomic E-state index is 13.4. The van der Waals surface area contributed by atoms with Crippen LogP contribution >= 0.6 is 0 Å². The molecule has 0 spiro atoms. The van der Waals surface area contributed by atoms with E-state index in [2.05, 4.69) is 4.98 Å². The lowest BCUT2D eigenvalue weighted by atomic mass is 10.1. The number of nitrogens with zero attached hydrogens (tertiary/aromatic N) is 2. The van der Waals surface area contributed by atoms with Crippen molar-refractivity contribution in [3.63, 3.8) is 0 Å². The van der Waals surface area contributed by atoms with Gasteiger partial charge in [-0.2, -0.15) is 0 Å². The Morgan fingerprint density at radius 1 is 1.30 bits per heavy atom. The van der Waals surface area contributed by atoms with Gasteiger partial charge in [-0.05, 0) is 24.5 Å². The van der Waals surface area contributed by atoms with E-state index >= 15 is 0 Å². The highest BCUT2D eigenvalue weighted by molar-refractivity contribution is 5.99. The molecule has 1 unspecified atom stereocenters. The van der Waals surface area contributed by atoms with E-state index in [0.717, 1.165) is 6.42 Å². The number of unbranched alkanes of at least 4 members (excludes halogenated alkanes) is 1. The van der Waals surface area contributed by atoms with E-state index in [1.54, 1.807) is 18.2 Å². The van der Waals surface area contributed by atoms with E-state index in [-0.39, 0.29) is 30.6 Å². The van der Waals surface area contributed by atoms with Crippen LogP contribution in [0.3, 0.4) is 0 Å². The van der Waals surface area contributed by atoms with Gasteiger partial charge in [0.2, 0.25) is 6.10 Å². The van der Waals surface area contributed by atoms with E-state index in [1.165, 1.54) is 9.47 Å². The third-order valence-electron chi connectivity index (χ3n) is 4.82. The molecule has 3 N–H and O–H groups in total. The Bertz CT molecular complexity index is 1030. The van der Waals surface area contributed by atoms with Crippen LogP contribution < -0.4 is 31.4 Å². The minimum atomic E-state index is -0.937. The van der Waals surface area contributed by atoms with Crippen LogP contribution in [0, 0.1) is 5.92 Å². The molecule has 9 nitrogen and oxygen atoms in total. The zero-order valence-electron chi connectivity index (χ0n) is 17.5. The molecule has 0 radical (unpaired) electrons. The SMILES string of the molecule is CCCCn1c(N)c(N(CC(C)C)C(=O)C2COc3ccccc3O2)c(=O)[nH]c1=O. The number of carbonyl (C=O) groups excluding carboxylic acids is 1. The number of para-hydroxylation sites is 2. The molecular formula is C21H28N4O5. The third kappa shape index (κ3) is 4.34. The number of rotatable bonds is 7. The summed E-state index contributed by atoms with van der Waals surface area (Å²) in [6.07, 6.45) is 0.625. The summed E-state index contributed by atoms with van der Waals surface area (Å²) < 4.78 is 12.8. The summed E-state index contributed by atoms with van der Waals surface area (Å²) in [5.41, 5.74) is 4.90. The van der Waals surface area contributed by atoms with Crippen molar-refractivity contribution in [2.45, 2.75) is 46.3 Å². The van der Waals surface area contributed by atoms with Crippen molar-refractivity contribution in [1.29, 1.82) is 0 Å². The van der Waals surface area contributed by atoms with Gasteiger partial charge in [0.05, 0.1) is 0 Å². The lowest BCUT2D eigenvalue weighted by Crippen LogP contribution is -2.50. The summed E-state index contributed by atoms with van der Waals surface area (Å²) in [5, 5.41) is 0. The number of anilines is 2. The molecule has 0 aliphatic carbocycles. The second-order valence-corrected chi connectivity index (χ2v) is 7.71. The Labute approximate surface area is 174 Å². The molecule has 0 saturated carbocycles. The lowest BCUT2D eigenvalue weighted by molar-refractivity contribution is -0.127. The van der Waals surface area contributed by atoms with E-state index in [0.29, 0.717) is 24.5 Å². The zero-order chi connectivity index (χ0) is 21.8. The number of H-pyrrole nitrogens is 1. The summed E-state index contributed by atoms with van der Waals surface area (Å²) in [6.45, 7) is 6.43. The predicted octanol–water partition coefficient (Wildman–Crippen LogP) is 1.75. The number of nitrogen functional groups attached to an aromatic ring is 1. The first kappa shape index (κ1) is 21.5. The lowest BCUT2D eigenvalue weighted by Gasteiger charge is -2.32. The maximum Gasteiger partial charge on any atom is 0.330 e. The highest BCUT2D eigenvalue weighted by atomic mass is 16.6. The number of hydrogen-bond donors (Lipinski definition) is 2. The van der Waals surface area contributed by atoms with Gasteiger partial charge < -0.3 is 20.1 Å². The standard InChI is InChI=1S/C21H28N4O5/c1-4-5-10-24-18(22)17(19(26)23-21(24)28)25(11-13(2)3)20(27)16-12-29-14-8-6-7-9-15(14)30-16/h6-9,13,16H,4-5,10-12,22H2,1-3H3,(H,23,26,28). The number of aromatic nitrogens is 2. The summed E-state index contributed by atoms with van der Waals surface area (Å²) >= 11 is 0. The molecular weight excluding hydrogens is 388 g/mol. The molecule has 0 fully saturated rings. The Hall–Kier alpha value is -3.23. The average molecular weight is 416 g/mol. The molecule has 1 aliphatic rings. The number of amides is 1. The number of nitrogens with two attached hydrogens (primary N) is 1. The second-order valence-electron chi connectivity index (χ2n) is 7.71. The Balaban J connectivity index is 2.00.